The van der Waals surface area contributed by atoms with Crippen LogP contribution in [0, 0.1) is 6.92 Å². The summed E-state index contributed by atoms with van der Waals surface area (Å²) in [6, 6.07) is 12.4. The molecule has 1 aromatic carbocycles. The maximum absolute atomic E-state index is 12.5. The van der Waals surface area contributed by atoms with Crippen molar-refractivity contribution in [3.05, 3.63) is 69.7 Å². The minimum absolute atomic E-state index is 0.0953. The number of aromatic nitrogens is 3. The first kappa shape index (κ1) is 17.4. The number of thiophene rings is 1. The molecule has 0 bridgehead atoms. The molecule has 2 heterocycles. The van der Waals surface area contributed by atoms with Gasteiger partial charge < -0.3 is 4.90 Å². The maximum atomic E-state index is 12.5. The summed E-state index contributed by atoms with van der Waals surface area (Å²) < 4.78 is 1.75. The van der Waals surface area contributed by atoms with Crippen LogP contribution in [0.4, 0.5) is 0 Å². The van der Waals surface area contributed by atoms with E-state index in [-0.39, 0.29) is 5.91 Å². The molecular formula is C19H22N4OS. The Morgan fingerprint density at radius 3 is 2.76 bits per heavy atom. The van der Waals surface area contributed by atoms with Crippen LogP contribution < -0.4 is 0 Å². The van der Waals surface area contributed by atoms with Gasteiger partial charge >= 0.3 is 0 Å². The second-order valence-electron chi connectivity index (χ2n) is 6.14. The van der Waals surface area contributed by atoms with E-state index in [9.17, 15) is 4.79 Å². The lowest BCUT2D eigenvalue weighted by Crippen LogP contribution is -2.26. The van der Waals surface area contributed by atoms with Crippen molar-refractivity contribution in [3.8, 4) is 0 Å². The first-order chi connectivity index (χ1) is 12.1. The Labute approximate surface area is 151 Å². The van der Waals surface area contributed by atoms with Gasteiger partial charge in [-0.1, -0.05) is 35.5 Å². The molecule has 2 aromatic heterocycles. The highest BCUT2D eigenvalue weighted by molar-refractivity contribution is 7.10. The zero-order valence-electron chi connectivity index (χ0n) is 14.6. The number of nitrogens with zero attached hydrogens (tertiary/aromatic N) is 4. The van der Waals surface area contributed by atoms with Crippen molar-refractivity contribution >= 4 is 17.2 Å². The van der Waals surface area contributed by atoms with Crippen LogP contribution in [0.1, 0.15) is 32.9 Å². The van der Waals surface area contributed by atoms with Gasteiger partial charge in [-0.05, 0) is 42.3 Å². The predicted octanol–water partition coefficient (Wildman–Crippen LogP) is 3.55. The third kappa shape index (κ3) is 4.54. The molecule has 0 radical (unpaired) electrons. The van der Waals surface area contributed by atoms with E-state index in [1.807, 2.05) is 23.6 Å². The SMILES string of the molecule is Cc1ccsc1CN(C)C(=O)c1cn(CCCc2ccccc2)nn1. The van der Waals surface area contributed by atoms with E-state index in [2.05, 4.69) is 35.4 Å². The normalized spacial score (nSPS) is 10.8. The smallest absolute Gasteiger partial charge is 0.276 e. The lowest BCUT2D eigenvalue weighted by molar-refractivity contribution is 0.0780. The van der Waals surface area contributed by atoms with Crippen LogP contribution in [0.2, 0.25) is 0 Å². The average molecular weight is 354 g/mol. The second kappa shape index (κ2) is 8.07. The Balaban J connectivity index is 1.53. The van der Waals surface area contributed by atoms with Gasteiger partial charge in [0.1, 0.15) is 0 Å². The van der Waals surface area contributed by atoms with Crippen LogP contribution >= 0.6 is 11.3 Å². The molecular weight excluding hydrogens is 332 g/mol. The first-order valence-corrected chi connectivity index (χ1v) is 9.24. The molecule has 6 heteroatoms. The topological polar surface area (TPSA) is 51.0 Å². The minimum Gasteiger partial charge on any atom is -0.335 e. The molecule has 3 rings (SSSR count). The standard InChI is InChI=1S/C19H22N4OS/c1-15-10-12-25-18(15)14-22(2)19(24)17-13-23(21-20-17)11-6-9-16-7-4-3-5-8-16/h3-5,7-8,10,12-13H,6,9,11,14H2,1-2H3. The Morgan fingerprint density at radius 2 is 2.04 bits per heavy atom. The van der Waals surface area contributed by atoms with Gasteiger partial charge in [-0.15, -0.1) is 16.4 Å². The third-order valence-corrected chi connectivity index (χ3v) is 5.16. The highest BCUT2D eigenvalue weighted by atomic mass is 32.1. The number of aryl methyl sites for hydroxylation is 3. The largest absolute Gasteiger partial charge is 0.335 e. The van der Waals surface area contributed by atoms with Crippen LogP contribution in [0.3, 0.4) is 0 Å². The summed E-state index contributed by atoms with van der Waals surface area (Å²) in [7, 11) is 1.80. The quantitative estimate of drug-likeness (QED) is 0.652. The number of carbonyl (C=O) groups excluding carboxylic acids is 1. The van der Waals surface area contributed by atoms with E-state index < -0.39 is 0 Å². The molecule has 25 heavy (non-hydrogen) atoms. The third-order valence-electron chi connectivity index (χ3n) is 4.15. The second-order valence-corrected chi connectivity index (χ2v) is 7.14. The van der Waals surface area contributed by atoms with Gasteiger partial charge in [-0.25, -0.2) is 0 Å². The molecule has 0 unspecified atom stereocenters. The Bertz CT molecular complexity index is 825. The summed E-state index contributed by atoms with van der Waals surface area (Å²) in [4.78, 5) is 15.4. The molecule has 0 fully saturated rings. The molecule has 0 aliphatic rings. The van der Waals surface area contributed by atoms with Crippen LogP contribution in [-0.2, 0) is 19.5 Å². The first-order valence-electron chi connectivity index (χ1n) is 8.36. The van der Waals surface area contributed by atoms with Crippen molar-refractivity contribution in [3.63, 3.8) is 0 Å². The lowest BCUT2D eigenvalue weighted by Gasteiger charge is -2.15. The van der Waals surface area contributed by atoms with E-state index in [1.165, 1.54) is 16.0 Å². The predicted molar refractivity (Wildman–Crippen MR) is 99.6 cm³/mol. The average Bonchev–Trinajstić information content (AvgIpc) is 3.25. The van der Waals surface area contributed by atoms with Gasteiger partial charge in [0.05, 0.1) is 12.7 Å². The molecule has 0 aliphatic heterocycles. The number of carbonyl (C=O) groups is 1. The molecule has 0 N–H and O–H groups in total. The zero-order valence-corrected chi connectivity index (χ0v) is 15.4. The fraction of sp³-hybridized carbons (Fsp3) is 0.316. The number of rotatable bonds is 7. The fourth-order valence-corrected chi connectivity index (χ4v) is 3.60. The van der Waals surface area contributed by atoms with Gasteiger partial charge in [0.25, 0.3) is 5.91 Å². The number of hydrogen-bond acceptors (Lipinski definition) is 4. The zero-order chi connectivity index (χ0) is 17.6. The molecule has 0 aliphatic carbocycles. The van der Waals surface area contributed by atoms with Crippen molar-refractivity contribution in [2.75, 3.05) is 7.05 Å². The molecule has 1 amide bonds. The minimum atomic E-state index is -0.0953. The van der Waals surface area contributed by atoms with E-state index >= 15 is 0 Å². The molecule has 3 aromatic rings. The summed E-state index contributed by atoms with van der Waals surface area (Å²) in [6.45, 7) is 3.42. The van der Waals surface area contributed by atoms with Crippen molar-refractivity contribution in [2.24, 2.45) is 0 Å². The van der Waals surface area contributed by atoms with Crippen LogP contribution in [-0.4, -0.2) is 32.8 Å². The van der Waals surface area contributed by atoms with Gasteiger partial charge in [0.15, 0.2) is 5.69 Å². The summed E-state index contributed by atoms with van der Waals surface area (Å²) in [5, 5.41) is 10.2. The summed E-state index contributed by atoms with van der Waals surface area (Å²) in [5.41, 5.74) is 2.93. The van der Waals surface area contributed by atoms with Gasteiger partial charge in [-0.2, -0.15) is 0 Å². The Hall–Kier alpha value is -2.47. The van der Waals surface area contributed by atoms with Crippen molar-refractivity contribution in [1.82, 2.24) is 19.9 Å². The van der Waals surface area contributed by atoms with Crippen molar-refractivity contribution in [2.45, 2.75) is 32.9 Å². The van der Waals surface area contributed by atoms with Gasteiger partial charge in [0, 0.05) is 18.5 Å². The van der Waals surface area contributed by atoms with Crippen LogP contribution in [0.25, 0.3) is 0 Å². The summed E-state index contributed by atoms with van der Waals surface area (Å²) in [6.07, 6.45) is 3.69. The summed E-state index contributed by atoms with van der Waals surface area (Å²) >= 11 is 1.67. The molecule has 0 atom stereocenters. The molecule has 0 saturated carbocycles. The Kier molecular flexibility index (Phi) is 5.60. The fourth-order valence-electron chi connectivity index (χ4n) is 2.64. The number of hydrogen-bond donors (Lipinski definition) is 0. The van der Waals surface area contributed by atoms with Gasteiger partial charge in [0.2, 0.25) is 0 Å². The van der Waals surface area contributed by atoms with Crippen LogP contribution in [0.5, 0.6) is 0 Å². The summed E-state index contributed by atoms with van der Waals surface area (Å²) in [5.74, 6) is -0.0953. The van der Waals surface area contributed by atoms with E-state index in [0.717, 1.165) is 19.4 Å². The number of benzene rings is 1. The molecule has 5 nitrogen and oxygen atoms in total. The molecule has 0 spiro atoms. The van der Waals surface area contributed by atoms with Crippen LogP contribution in [0.15, 0.2) is 48.0 Å². The van der Waals surface area contributed by atoms with Crippen molar-refractivity contribution in [1.29, 1.82) is 0 Å². The Morgan fingerprint density at radius 1 is 1.24 bits per heavy atom. The monoisotopic (exact) mass is 354 g/mol. The van der Waals surface area contributed by atoms with E-state index in [4.69, 9.17) is 0 Å². The van der Waals surface area contributed by atoms with Gasteiger partial charge in [-0.3, -0.25) is 9.48 Å². The van der Waals surface area contributed by atoms with E-state index in [0.29, 0.717) is 12.2 Å². The highest BCUT2D eigenvalue weighted by Crippen LogP contribution is 2.18. The molecule has 0 saturated heterocycles. The highest BCUT2D eigenvalue weighted by Gasteiger charge is 2.17. The molecule has 130 valence electrons. The lowest BCUT2D eigenvalue weighted by atomic mass is 10.1. The maximum Gasteiger partial charge on any atom is 0.276 e. The van der Waals surface area contributed by atoms with Crippen molar-refractivity contribution < 1.29 is 4.79 Å². The van der Waals surface area contributed by atoms with E-state index in [1.54, 1.807) is 34.2 Å². The number of amides is 1.